The van der Waals surface area contributed by atoms with E-state index in [-0.39, 0.29) is 29.2 Å². The fourth-order valence-corrected chi connectivity index (χ4v) is 1.70. The van der Waals surface area contributed by atoms with Crippen molar-refractivity contribution in [3.05, 3.63) is 29.3 Å². The van der Waals surface area contributed by atoms with Gasteiger partial charge >= 0.3 is 12.6 Å². The quantitative estimate of drug-likeness (QED) is 0.436. The van der Waals surface area contributed by atoms with Crippen LogP contribution in [-0.2, 0) is 9.53 Å². The van der Waals surface area contributed by atoms with Crippen LogP contribution in [0.25, 0.3) is 6.08 Å². The van der Waals surface area contributed by atoms with Crippen molar-refractivity contribution in [3.63, 3.8) is 0 Å². The number of esters is 1. The third-order valence-corrected chi connectivity index (χ3v) is 2.50. The number of halogens is 2. The molecule has 1 aromatic rings. The van der Waals surface area contributed by atoms with Crippen molar-refractivity contribution in [1.82, 2.24) is 0 Å². The SMILES string of the molecule is CCOc1cccc(C=C(C#N)C(=O)OC(C)C)c1OC(F)F. The van der Waals surface area contributed by atoms with E-state index in [0.717, 1.165) is 6.08 Å². The molecule has 124 valence electrons. The molecule has 0 unspecified atom stereocenters. The van der Waals surface area contributed by atoms with E-state index in [1.54, 1.807) is 26.8 Å². The lowest BCUT2D eigenvalue weighted by molar-refractivity contribution is -0.142. The Morgan fingerprint density at radius 3 is 2.61 bits per heavy atom. The van der Waals surface area contributed by atoms with Crippen LogP contribution in [0.5, 0.6) is 11.5 Å². The Labute approximate surface area is 133 Å². The van der Waals surface area contributed by atoms with Crippen molar-refractivity contribution >= 4 is 12.0 Å². The maximum Gasteiger partial charge on any atom is 0.387 e. The van der Waals surface area contributed by atoms with Crippen LogP contribution >= 0.6 is 0 Å². The molecule has 1 aromatic carbocycles. The van der Waals surface area contributed by atoms with Crippen LogP contribution in [0.1, 0.15) is 26.3 Å². The van der Waals surface area contributed by atoms with Crippen LogP contribution in [0.3, 0.4) is 0 Å². The summed E-state index contributed by atoms with van der Waals surface area (Å²) in [6.07, 6.45) is 0.719. The number of hydrogen-bond acceptors (Lipinski definition) is 5. The summed E-state index contributed by atoms with van der Waals surface area (Å²) in [6.45, 7) is 2.13. The van der Waals surface area contributed by atoms with Crippen LogP contribution in [0.2, 0.25) is 0 Å². The lowest BCUT2D eigenvalue weighted by Gasteiger charge is -2.14. The van der Waals surface area contributed by atoms with Crippen molar-refractivity contribution in [2.75, 3.05) is 6.61 Å². The van der Waals surface area contributed by atoms with E-state index in [0.29, 0.717) is 0 Å². The number of carbonyl (C=O) groups excluding carboxylic acids is 1. The lowest BCUT2D eigenvalue weighted by Crippen LogP contribution is -2.13. The first-order valence-electron chi connectivity index (χ1n) is 6.92. The molecule has 0 saturated carbocycles. The number of alkyl halides is 2. The third-order valence-electron chi connectivity index (χ3n) is 2.50. The number of hydrogen-bond donors (Lipinski definition) is 0. The summed E-state index contributed by atoms with van der Waals surface area (Å²) in [5.41, 5.74) is -0.208. The van der Waals surface area contributed by atoms with E-state index in [1.807, 2.05) is 0 Å². The van der Waals surface area contributed by atoms with E-state index >= 15 is 0 Å². The van der Waals surface area contributed by atoms with Gasteiger partial charge in [-0.2, -0.15) is 14.0 Å². The molecule has 7 heteroatoms. The van der Waals surface area contributed by atoms with Gasteiger partial charge < -0.3 is 14.2 Å². The molecule has 0 amide bonds. The summed E-state index contributed by atoms with van der Waals surface area (Å²) in [4.78, 5) is 11.8. The van der Waals surface area contributed by atoms with Gasteiger partial charge in [-0.1, -0.05) is 12.1 Å². The minimum atomic E-state index is -3.07. The zero-order valence-electron chi connectivity index (χ0n) is 13.0. The Kier molecular flexibility index (Phi) is 7.00. The Morgan fingerprint density at radius 1 is 1.39 bits per heavy atom. The maximum absolute atomic E-state index is 12.6. The monoisotopic (exact) mass is 325 g/mol. The molecule has 5 nitrogen and oxygen atoms in total. The number of rotatable bonds is 7. The number of nitrogens with zero attached hydrogens (tertiary/aromatic N) is 1. The van der Waals surface area contributed by atoms with Gasteiger partial charge in [-0.3, -0.25) is 0 Å². The van der Waals surface area contributed by atoms with Gasteiger partial charge in [-0.05, 0) is 32.9 Å². The largest absolute Gasteiger partial charge is 0.490 e. The Hall–Kier alpha value is -2.62. The average molecular weight is 325 g/mol. The molecule has 0 aliphatic rings. The van der Waals surface area contributed by atoms with E-state index < -0.39 is 18.7 Å². The molecule has 0 N–H and O–H groups in total. The third kappa shape index (κ3) is 5.58. The molecule has 0 aliphatic heterocycles. The summed E-state index contributed by atoms with van der Waals surface area (Å²) in [7, 11) is 0. The van der Waals surface area contributed by atoms with Crippen LogP contribution < -0.4 is 9.47 Å². The molecular weight excluding hydrogens is 308 g/mol. The molecule has 0 aliphatic carbocycles. The van der Waals surface area contributed by atoms with E-state index in [4.69, 9.17) is 14.7 Å². The molecule has 0 bridgehead atoms. The second-order valence-electron chi connectivity index (χ2n) is 4.61. The highest BCUT2D eigenvalue weighted by atomic mass is 19.3. The smallest absolute Gasteiger partial charge is 0.387 e. The Balaban J connectivity index is 3.28. The molecule has 0 aromatic heterocycles. The summed E-state index contributed by atoms with van der Waals surface area (Å²) >= 11 is 0. The number of ether oxygens (including phenoxy) is 3. The fourth-order valence-electron chi connectivity index (χ4n) is 1.70. The zero-order valence-corrected chi connectivity index (χ0v) is 13.0. The molecule has 0 radical (unpaired) electrons. The van der Waals surface area contributed by atoms with Crippen LogP contribution in [0.15, 0.2) is 23.8 Å². The highest BCUT2D eigenvalue weighted by molar-refractivity contribution is 5.98. The highest BCUT2D eigenvalue weighted by Crippen LogP contribution is 2.34. The summed E-state index contributed by atoms with van der Waals surface area (Å²) in [5, 5.41) is 9.08. The molecule has 0 atom stereocenters. The standard InChI is InChI=1S/C16H17F2NO4/c1-4-21-13-7-5-6-11(14(13)23-16(17)18)8-12(9-19)15(20)22-10(2)3/h5-8,10,16H,4H2,1-3H3. The first kappa shape index (κ1) is 18.4. The molecule has 0 saturated heterocycles. The van der Waals surface area contributed by atoms with Crippen molar-refractivity contribution in [2.24, 2.45) is 0 Å². The van der Waals surface area contributed by atoms with E-state index in [9.17, 15) is 13.6 Å². The predicted octanol–water partition coefficient (Wildman–Crippen LogP) is 3.55. The van der Waals surface area contributed by atoms with Gasteiger partial charge in [-0.25, -0.2) is 4.79 Å². The van der Waals surface area contributed by atoms with Crippen molar-refractivity contribution in [2.45, 2.75) is 33.5 Å². The van der Waals surface area contributed by atoms with Crippen LogP contribution in [-0.4, -0.2) is 25.3 Å². The number of carbonyl (C=O) groups is 1. The average Bonchev–Trinajstić information content (AvgIpc) is 2.46. The zero-order chi connectivity index (χ0) is 17.4. The first-order valence-corrected chi connectivity index (χ1v) is 6.92. The Bertz CT molecular complexity index is 621. The van der Waals surface area contributed by atoms with Gasteiger partial charge in [0.25, 0.3) is 0 Å². The molecule has 23 heavy (non-hydrogen) atoms. The number of benzene rings is 1. The van der Waals surface area contributed by atoms with Gasteiger partial charge in [0.1, 0.15) is 11.6 Å². The predicted molar refractivity (Wildman–Crippen MR) is 79.1 cm³/mol. The molecular formula is C16H17F2NO4. The minimum Gasteiger partial charge on any atom is -0.490 e. The number of nitriles is 1. The van der Waals surface area contributed by atoms with Gasteiger partial charge in [0, 0.05) is 5.56 Å². The number of para-hydroxylation sites is 1. The fraction of sp³-hybridized carbons (Fsp3) is 0.375. The van der Waals surface area contributed by atoms with Crippen LogP contribution in [0.4, 0.5) is 8.78 Å². The summed E-state index contributed by atoms with van der Waals surface area (Å²) in [6, 6.07) is 6.12. The summed E-state index contributed by atoms with van der Waals surface area (Å²) in [5.74, 6) is -0.988. The van der Waals surface area contributed by atoms with Gasteiger partial charge in [0.15, 0.2) is 11.5 Å². The maximum atomic E-state index is 12.6. The topological polar surface area (TPSA) is 68.5 Å². The lowest BCUT2D eigenvalue weighted by atomic mass is 10.1. The van der Waals surface area contributed by atoms with E-state index in [2.05, 4.69) is 4.74 Å². The molecule has 0 spiro atoms. The summed E-state index contributed by atoms with van der Waals surface area (Å²) < 4.78 is 39.9. The van der Waals surface area contributed by atoms with Crippen LogP contribution in [0, 0.1) is 11.3 Å². The second kappa shape index (κ2) is 8.73. The molecule has 1 rings (SSSR count). The van der Waals surface area contributed by atoms with Crippen molar-refractivity contribution < 1.29 is 27.8 Å². The normalized spacial score (nSPS) is 11.3. The first-order chi connectivity index (χ1) is 10.9. The van der Waals surface area contributed by atoms with Crippen molar-refractivity contribution in [1.29, 1.82) is 5.26 Å². The van der Waals surface area contributed by atoms with Crippen molar-refractivity contribution in [3.8, 4) is 17.6 Å². The van der Waals surface area contributed by atoms with Gasteiger partial charge in [0.2, 0.25) is 0 Å². The minimum absolute atomic E-state index is 0.0936. The Morgan fingerprint density at radius 2 is 2.09 bits per heavy atom. The second-order valence-corrected chi connectivity index (χ2v) is 4.61. The molecule has 0 fully saturated rings. The van der Waals surface area contributed by atoms with Gasteiger partial charge in [-0.15, -0.1) is 0 Å². The van der Waals surface area contributed by atoms with E-state index in [1.165, 1.54) is 18.2 Å². The van der Waals surface area contributed by atoms with Gasteiger partial charge in [0.05, 0.1) is 12.7 Å². The molecule has 0 heterocycles. The highest BCUT2D eigenvalue weighted by Gasteiger charge is 2.18.